The van der Waals surface area contributed by atoms with Gasteiger partial charge in [-0.2, -0.15) is 0 Å². The summed E-state index contributed by atoms with van der Waals surface area (Å²) in [4.78, 5) is 12.4. The molecular weight excluding hydrogens is 294 g/mol. The lowest BCUT2D eigenvalue weighted by Crippen LogP contribution is -2.32. The van der Waals surface area contributed by atoms with Gasteiger partial charge in [0.1, 0.15) is 0 Å². The Balaban J connectivity index is 2.19. The Hall–Kier alpha value is -1.44. The molecule has 0 unspecified atom stereocenters. The standard InChI is InChI=1S/C14H19NO5S/c1-17-11-8-10(9-12(18-2)13(11)19-3)14(16)21-15-4-6-20-7-5-15/h8-9H,4-7H2,1-3H3. The molecule has 0 N–H and O–H groups in total. The molecule has 0 aromatic heterocycles. The van der Waals surface area contributed by atoms with Gasteiger partial charge in [-0.25, -0.2) is 4.31 Å². The van der Waals surface area contributed by atoms with Crippen molar-refractivity contribution in [2.45, 2.75) is 0 Å². The van der Waals surface area contributed by atoms with E-state index >= 15 is 0 Å². The van der Waals surface area contributed by atoms with Crippen molar-refractivity contribution in [1.82, 2.24) is 4.31 Å². The maximum absolute atomic E-state index is 12.4. The van der Waals surface area contributed by atoms with Crippen LogP contribution in [0.4, 0.5) is 0 Å². The average Bonchev–Trinajstić information content (AvgIpc) is 2.54. The zero-order valence-electron chi connectivity index (χ0n) is 12.4. The highest BCUT2D eigenvalue weighted by atomic mass is 32.2. The highest BCUT2D eigenvalue weighted by Gasteiger charge is 2.20. The molecular formula is C14H19NO5S. The smallest absolute Gasteiger partial charge is 0.234 e. The second kappa shape index (κ2) is 7.53. The summed E-state index contributed by atoms with van der Waals surface area (Å²) in [5, 5.41) is -0.0591. The van der Waals surface area contributed by atoms with Gasteiger partial charge in [0, 0.05) is 30.6 Å². The molecule has 1 aromatic rings. The molecule has 7 heteroatoms. The molecule has 2 rings (SSSR count). The molecule has 116 valence electrons. The Kier molecular flexibility index (Phi) is 5.72. The number of nitrogens with zero attached hydrogens (tertiary/aromatic N) is 1. The lowest BCUT2D eigenvalue weighted by atomic mass is 10.2. The van der Waals surface area contributed by atoms with Crippen molar-refractivity contribution in [3.05, 3.63) is 17.7 Å². The Labute approximate surface area is 128 Å². The first kappa shape index (κ1) is 15.9. The molecule has 1 aliphatic rings. The van der Waals surface area contributed by atoms with E-state index < -0.39 is 0 Å². The Morgan fingerprint density at radius 3 is 2.14 bits per heavy atom. The minimum atomic E-state index is -0.0591. The molecule has 0 saturated carbocycles. The normalized spacial score (nSPS) is 15.6. The van der Waals surface area contributed by atoms with Crippen LogP contribution in [0.5, 0.6) is 17.2 Å². The highest BCUT2D eigenvalue weighted by Crippen LogP contribution is 2.39. The summed E-state index contributed by atoms with van der Waals surface area (Å²) in [7, 11) is 4.59. The fourth-order valence-electron chi connectivity index (χ4n) is 2.01. The van der Waals surface area contributed by atoms with E-state index in [4.69, 9.17) is 18.9 Å². The first-order valence-electron chi connectivity index (χ1n) is 6.54. The lowest BCUT2D eigenvalue weighted by molar-refractivity contribution is 0.0766. The van der Waals surface area contributed by atoms with E-state index in [0.717, 1.165) is 13.1 Å². The zero-order valence-corrected chi connectivity index (χ0v) is 13.2. The van der Waals surface area contributed by atoms with Crippen molar-refractivity contribution in [2.75, 3.05) is 47.6 Å². The number of morpholine rings is 1. The van der Waals surface area contributed by atoms with Gasteiger partial charge < -0.3 is 18.9 Å². The Morgan fingerprint density at radius 2 is 1.67 bits per heavy atom. The van der Waals surface area contributed by atoms with Gasteiger partial charge in [0.05, 0.1) is 34.5 Å². The van der Waals surface area contributed by atoms with Crippen molar-refractivity contribution >= 4 is 17.1 Å². The molecule has 1 heterocycles. The number of carbonyl (C=O) groups is 1. The minimum absolute atomic E-state index is 0.0591. The fraction of sp³-hybridized carbons (Fsp3) is 0.500. The highest BCUT2D eigenvalue weighted by molar-refractivity contribution is 8.12. The van der Waals surface area contributed by atoms with Crippen LogP contribution in [0.1, 0.15) is 10.4 Å². The molecule has 0 bridgehead atoms. The average molecular weight is 313 g/mol. The third kappa shape index (κ3) is 3.81. The maximum Gasteiger partial charge on any atom is 0.234 e. The SMILES string of the molecule is COc1cc(C(=O)SN2CCOCC2)cc(OC)c1OC. The molecule has 0 spiro atoms. The van der Waals surface area contributed by atoms with Gasteiger partial charge in [-0.15, -0.1) is 0 Å². The van der Waals surface area contributed by atoms with Gasteiger partial charge in [0.25, 0.3) is 0 Å². The van der Waals surface area contributed by atoms with Gasteiger partial charge >= 0.3 is 0 Å². The number of carbonyl (C=O) groups excluding carboxylic acids is 1. The Bertz CT molecular complexity index is 477. The van der Waals surface area contributed by atoms with E-state index in [9.17, 15) is 4.79 Å². The molecule has 6 nitrogen and oxygen atoms in total. The first-order valence-corrected chi connectivity index (χ1v) is 7.32. The topological polar surface area (TPSA) is 57.2 Å². The van der Waals surface area contributed by atoms with Crippen LogP contribution in [0.25, 0.3) is 0 Å². The van der Waals surface area contributed by atoms with Gasteiger partial charge in [-0.05, 0) is 12.1 Å². The van der Waals surface area contributed by atoms with Crippen LogP contribution in [0.2, 0.25) is 0 Å². The first-order chi connectivity index (χ1) is 10.2. The van der Waals surface area contributed by atoms with Crippen LogP contribution >= 0.6 is 11.9 Å². The molecule has 21 heavy (non-hydrogen) atoms. The third-order valence-electron chi connectivity index (χ3n) is 3.08. The predicted molar refractivity (Wildman–Crippen MR) is 80.4 cm³/mol. The molecule has 0 aliphatic carbocycles. The molecule has 0 amide bonds. The summed E-state index contributed by atoms with van der Waals surface area (Å²) < 4.78 is 23.0. The van der Waals surface area contributed by atoms with E-state index in [-0.39, 0.29) is 5.12 Å². The van der Waals surface area contributed by atoms with Crippen LogP contribution in [0.15, 0.2) is 12.1 Å². The molecule has 1 aromatic carbocycles. The van der Waals surface area contributed by atoms with Crippen LogP contribution in [-0.2, 0) is 4.74 Å². The number of ether oxygens (including phenoxy) is 4. The number of methoxy groups -OCH3 is 3. The number of hydrogen-bond donors (Lipinski definition) is 0. The van der Waals surface area contributed by atoms with Crippen LogP contribution in [0.3, 0.4) is 0 Å². The molecule has 0 radical (unpaired) electrons. The third-order valence-corrected chi connectivity index (χ3v) is 4.11. The van der Waals surface area contributed by atoms with Crippen molar-refractivity contribution in [3.63, 3.8) is 0 Å². The van der Waals surface area contributed by atoms with Gasteiger partial charge in [-0.3, -0.25) is 4.79 Å². The Morgan fingerprint density at radius 1 is 1.10 bits per heavy atom. The predicted octanol–water partition coefficient (Wildman–Crippen LogP) is 1.83. The van der Waals surface area contributed by atoms with Crippen molar-refractivity contribution < 1.29 is 23.7 Å². The van der Waals surface area contributed by atoms with E-state index in [0.29, 0.717) is 36.0 Å². The van der Waals surface area contributed by atoms with Crippen molar-refractivity contribution in [1.29, 1.82) is 0 Å². The van der Waals surface area contributed by atoms with Crippen LogP contribution in [0, 0.1) is 0 Å². The molecule has 1 aliphatic heterocycles. The van der Waals surface area contributed by atoms with E-state index in [1.807, 2.05) is 4.31 Å². The largest absolute Gasteiger partial charge is 0.493 e. The van der Waals surface area contributed by atoms with E-state index in [1.54, 1.807) is 12.1 Å². The van der Waals surface area contributed by atoms with E-state index in [2.05, 4.69) is 0 Å². The summed E-state index contributed by atoms with van der Waals surface area (Å²) in [6.45, 7) is 2.77. The summed E-state index contributed by atoms with van der Waals surface area (Å²) in [5.74, 6) is 1.43. The summed E-state index contributed by atoms with van der Waals surface area (Å²) in [5.41, 5.74) is 0.515. The minimum Gasteiger partial charge on any atom is -0.493 e. The second-order valence-electron chi connectivity index (χ2n) is 4.33. The van der Waals surface area contributed by atoms with Gasteiger partial charge in [-0.1, -0.05) is 0 Å². The van der Waals surface area contributed by atoms with Gasteiger partial charge in [0.2, 0.25) is 10.9 Å². The van der Waals surface area contributed by atoms with Crippen LogP contribution in [-0.4, -0.2) is 57.1 Å². The fourth-order valence-corrected chi connectivity index (χ4v) is 2.80. The second-order valence-corrected chi connectivity index (χ2v) is 5.40. The van der Waals surface area contributed by atoms with E-state index in [1.165, 1.54) is 33.3 Å². The number of hydrogen-bond acceptors (Lipinski definition) is 7. The van der Waals surface area contributed by atoms with Gasteiger partial charge in [0.15, 0.2) is 11.5 Å². The molecule has 1 fully saturated rings. The molecule has 0 atom stereocenters. The number of benzene rings is 1. The van der Waals surface area contributed by atoms with Crippen molar-refractivity contribution in [2.24, 2.45) is 0 Å². The lowest BCUT2D eigenvalue weighted by Gasteiger charge is -2.24. The monoisotopic (exact) mass is 313 g/mol. The van der Waals surface area contributed by atoms with Crippen LogP contribution < -0.4 is 14.2 Å². The van der Waals surface area contributed by atoms with Crippen molar-refractivity contribution in [3.8, 4) is 17.2 Å². The molecule has 1 saturated heterocycles. The summed E-state index contributed by atoms with van der Waals surface area (Å²) >= 11 is 1.19. The zero-order chi connectivity index (χ0) is 15.2. The number of rotatable bonds is 5. The summed E-state index contributed by atoms with van der Waals surface area (Å²) in [6, 6.07) is 3.33. The maximum atomic E-state index is 12.4. The quantitative estimate of drug-likeness (QED) is 0.769. The summed E-state index contributed by atoms with van der Waals surface area (Å²) in [6.07, 6.45) is 0.